The van der Waals surface area contributed by atoms with Crippen LogP contribution in [0.1, 0.15) is 0 Å². The van der Waals surface area contributed by atoms with Crippen LogP contribution in [0, 0.1) is 0 Å². The van der Waals surface area contributed by atoms with Crippen LogP contribution in [-0.4, -0.2) is 21.7 Å². The number of phenols is 3. The minimum Gasteiger partial charge on any atom is -0.504 e. The molecule has 0 spiro atoms. The van der Waals surface area contributed by atoms with Crippen LogP contribution in [0.25, 0.3) is 0 Å². The van der Waals surface area contributed by atoms with E-state index in [0.29, 0.717) is 6.41 Å². The van der Waals surface area contributed by atoms with E-state index in [4.69, 9.17) is 15.3 Å². The molecule has 0 saturated carbocycles. The number of benzene rings is 1. The number of carbonyl (C=O) groups excluding carboxylic acids is 1. The Kier molecular flexibility index (Phi) is 2.05. The first-order chi connectivity index (χ1) is 5.65. The Morgan fingerprint density at radius 3 is 2.08 bits per heavy atom. The molecule has 5 nitrogen and oxygen atoms in total. The molecular weight excluding hydrogens is 162 g/mol. The largest absolute Gasteiger partial charge is 0.504 e. The summed E-state index contributed by atoms with van der Waals surface area (Å²) in [6.45, 7) is 0. The van der Waals surface area contributed by atoms with Crippen LogP contribution in [0.5, 0.6) is 17.2 Å². The molecule has 0 aromatic heterocycles. The molecule has 0 atom stereocenters. The SMILES string of the molecule is O=CNc1cc(O)c(O)c(O)c1. The summed E-state index contributed by atoms with van der Waals surface area (Å²) < 4.78 is 0. The van der Waals surface area contributed by atoms with Crippen LogP contribution in [0.15, 0.2) is 12.1 Å². The summed E-state index contributed by atoms with van der Waals surface area (Å²) in [4.78, 5) is 9.94. The summed E-state index contributed by atoms with van der Waals surface area (Å²) in [5, 5.41) is 29.0. The molecule has 5 heteroatoms. The van der Waals surface area contributed by atoms with Gasteiger partial charge in [-0.3, -0.25) is 4.79 Å². The molecule has 1 amide bonds. The Labute approximate surface area is 67.9 Å². The number of phenolic OH excluding ortho intramolecular Hbond substituents is 3. The Bertz CT molecular complexity index is 287. The molecule has 0 bridgehead atoms. The molecule has 0 fully saturated rings. The minimum absolute atomic E-state index is 0.206. The standard InChI is InChI=1S/C7H7NO4/c9-3-8-4-1-5(10)7(12)6(11)2-4/h1-3,10-12H,(H,8,9). The van der Waals surface area contributed by atoms with Gasteiger partial charge in [-0.25, -0.2) is 0 Å². The molecule has 1 aromatic rings. The Morgan fingerprint density at radius 1 is 1.17 bits per heavy atom. The first kappa shape index (κ1) is 8.19. The van der Waals surface area contributed by atoms with Gasteiger partial charge in [0, 0.05) is 17.8 Å². The average Bonchev–Trinajstić information content (AvgIpc) is 2.01. The number of rotatable bonds is 2. The van der Waals surface area contributed by atoms with E-state index in [-0.39, 0.29) is 5.69 Å². The van der Waals surface area contributed by atoms with Crippen molar-refractivity contribution >= 4 is 12.1 Å². The van der Waals surface area contributed by atoms with Crippen LogP contribution in [0.4, 0.5) is 5.69 Å². The van der Waals surface area contributed by atoms with E-state index in [9.17, 15) is 4.79 Å². The second kappa shape index (κ2) is 3.00. The van der Waals surface area contributed by atoms with E-state index in [0.717, 1.165) is 12.1 Å². The fourth-order valence-corrected chi connectivity index (χ4v) is 0.756. The highest BCUT2D eigenvalue weighted by Gasteiger charge is 2.06. The van der Waals surface area contributed by atoms with Crippen molar-refractivity contribution in [1.29, 1.82) is 0 Å². The van der Waals surface area contributed by atoms with Gasteiger partial charge in [-0.05, 0) is 0 Å². The van der Waals surface area contributed by atoms with Gasteiger partial charge in [0.05, 0.1) is 0 Å². The molecule has 4 N–H and O–H groups in total. The number of hydrogen-bond donors (Lipinski definition) is 4. The molecule has 0 radical (unpaired) electrons. The fraction of sp³-hybridized carbons (Fsp3) is 0. The number of anilines is 1. The third kappa shape index (κ3) is 1.39. The fourth-order valence-electron chi connectivity index (χ4n) is 0.756. The van der Waals surface area contributed by atoms with E-state index in [1.807, 2.05) is 0 Å². The van der Waals surface area contributed by atoms with Crippen LogP contribution in [0.2, 0.25) is 0 Å². The summed E-state index contributed by atoms with van der Waals surface area (Å²) in [6.07, 6.45) is 0.394. The van der Waals surface area contributed by atoms with Gasteiger partial charge in [0.2, 0.25) is 6.41 Å². The van der Waals surface area contributed by atoms with E-state index in [1.54, 1.807) is 0 Å². The molecule has 64 valence electrons. The Balaban J connectivity index is 3.11. The molecule has 1 aromatic carbocycles. The molecule has 0 aliphatic rings. The number of carbonyl (C=O) groups is 1. The van der Waals surface area contributed by atoms with Crippen LogP contribution in [0.3, 0.4) is 0 Å². The normalized spacial score (nSPS) is 9.33. The number of amides is 1. The summed E-state index contributed by atoms with van der Waals surface area (Å²) in [5.74, 6) is -1.58. The predicted molar refractivity (Wildman–Crippen MR) is 41.1 cm³/mol. The van der Waals surface area contributed by atoms with Gasteiger partial charge >= 0.3 is 0 Å². The zero-order chi connectivity index (χ0) is 9.14. The number of hydrogen-bond acceptors (Lipinski definition) is 4. The van der Waals surface area contributed by atoms with Gasteiger partial charge in [0.1, 0.15) is 0 Å². The summed E-state index contributed by atoms with van der Waals surface area (Å²) >= 11 is 0. The lowest BCUT2D eigenvalue weighted by molar-refractivity contribution is -0.105. The van der Waals surface area contributed by atoms with Crippen LogP contribution < -0.4 is 5.32 Å². The molecular formula is C7H7NO4. The van der Waals surface area contributed by atoms with Crippen molar-refractivity contribution in [2.24, 2.45) is 0 Å². The predicted octanol–water partition coefficient (Wildman–Crippen LogP) is 0.372. The summed E-state index contributed by atoms with van der Waals surface area (Å²) in [7, 11) is 0. The zero-order valence-electron chi connectivity index (χ0n) is 5.98. The quantitative estimate of drug-likeness (QED) is 0.292. The molecule has 0 heterocycles. The smallest absolute Gasteiger partial charge is 0.211 e. The molecule has 0 aliphatic heterocycles. The first-order valence-corrected chi connectivity index (χ1v) is 3.10. The van der Waals surface area contributed by atoms with Gasteiger partial charge < -0.3 is 20.6 Å². The molecule has 12 heavy (non-hydrogen) atoms. The van der Waals surface area contributed by atoms with Crippen LogP contribution in [-0.2, 0) is 4.79 Å². The van der Waals surface area contributed by atoms with Crippen molar-refractivity contribution in [3.05, 3.63) is 12.1 Å². The van der Waals surface area contributed by atoms with Crippen molar-refractivity contribution in [3.63, 3.8) is 0 Å². The molecule has 0 aliphatic carbocycles. The third-order valence-electron chi connectivity index (χ3n) is 1.30. The Morgan fingerprint density at radius 2 is 1.67 bits per heavy atom. The zero-order valence-corrected chi connectivity index (χ0v) is 5.98. The molecule has 1 rings (SSSR count). The maximum atomic E-state index is 9.94. The minimum atomic E-state index is -0.605. The maximum absolute atomic E-state index is 9.94. The van der Waals surface area contributed by atoms with Crippen molar-refractivity contribution in [1.82, 2.24) is 0 Å². The van der Waals surface area contributed by atoms with Crippen molar-refractivity contribution < 1.29 is 20.1 Å². The van der Waals surface area contributed by atoms with Gasteiger partial charge in [-0.1, -0.05) is 0 Å². The monoisotopic (exact) mass is 169 g/mol. The number of nitrogens with one attached hydrogen (secondary N) is 1. The first-order valence-electron chi connectivity index (χ1n) is 3.10. The van der Waals surface area contributed by atoms with Crippen LogP contribution >= 0.6 is 0 Å². The second-order valence-corrected chi connectivity index (χ2v) is 2.13. The highest BCUT2D eigenvalue weighted by Crippen LogP contribution is 2.36. The van der Waals surface area contributed by atoms with Gasteiger partial charge in [-0.2, -0.15) is 0 Å². The van der Waals surface area contributed by atoms with Crippen molar-refractivity contribution in [3.8, 4) is 17.2 Å². The Hall–Kier alpha value is -1.91. The lowest BCUT2D eigenvalue weighted by Gasteiger charge is -2.03. The lowest BCUT2D eigenvalue weighted by atomic mass is 10.2. The van der Waals surface area contributed by atoms with E-state index < -0.39 is 17.2 Å². The number of aromatic hydroxyl groups is 3. The van der Waals surface area contributed by atoms with E-state index >= 15 is 0 Å². The lowest BCUT2D eigenvalue weighted by Crippen LogP contribution is -1.92. The van der Waals surface area contributed by atoms with E-state index in [1.165, 1.54) is 0 Å². The second-order valence-electron chi connectivity index (χ2n) is 2.13. The van der Waals surface area contributed by atoms with Crippen molar-refractivity contribution in [2.75, 3.05) is 5.32 Å². The summed E-state index contributed by atoms with van der Waals surface area (Å²) in [6, 6.07) is 2.23. The summed E-state index contributed by atoms with van der Waals surface area (Å²) in [5.41, 5.74) is 0.206. The maximum Gasteiger partial charge on any atom is 0.211 e. The third-order valence-corrected chi connectivity index (χ3v) is 1.30. The van der Waals surface area contributed by atoms with Gasteiger partial charge in [0.15, 0.2) is 17.2 Å². The average molecular weight is 169 g/mol. The van der Waals surface area contributed by atoms with Gasteiger partial charge in [-0.15, -0.1) is 0 Å². The topological polar surface area (TPSA) is 89.8 Å². The highest BCUT2D eigenvalue weighted by atomic mass is 16.3. The van der Waals surface area contributed by atoms with Crippen molar-refractivity contribution in [2.45, 2.75) is 0 Å². The highest BCUT2D eigenvalue weighted by molar-refractivity contribution is 5.74. The van der Waals surface area contributed by atoms with Gasteiger partial charge in [0.25, 0.3) is 0 Å². The molecule has 0 unspecified atom stereocenters. The van der Waals surface area contributed by atoms with E-state index in [2.05, 4.69) is 5.32 Å². The molecule has 0 saturated heterocycles.